The van der Waals surface area contributed by atoms with Crippen LogP contribution in [0, 0.1) is 17.8 Å². The average Bonchev–Trinajstić information content (AvgIpc) is 2.65. The van der Waals surface area contributed by atoms with Gasteiger partial charge in [-0.15, -0.1) is 23.2 Å². The molecule has 2 bridgehead atoms. The molecule has 2 saturated carbocycles. The van der Waals surface area contributed by atoms with Gasteiger partial charge >= 0.3 is 0 Å². The SMILES string of the molecule is ClC1=C(Cl)[C@@]2(Cl)C(Cl)(Cl)[C@H]3[C@@H]1[C@H](Cl)C[C@H]3C2(Cl)Cl. The number of alkyl halides is 6. The van der Waals surface area contributed by atoms with Crippen molar-refractivity contribution in [2.75, 3.05) is 0 Å². The maximum atomic E-state index is 6.53. The minimum absolute atomic E-state index is 0.106. The molecular formula is C10H6Cl8. The molecule has 3 aliphatic carbocycles. The highest BCUT2D eigenvalue weighted by atomic mass is 35.5. The first kappa shape index (κ1) is 15.0. The van der Waals surface area contributed by atoms with Crippen LogP contribution in [0.25, 0.3) is 0 Å². The third-order valence-corrected chi connectivity index (χ3v) is 9.24. The van der Waals surface area contributed by atoms with E-state index in [-0.39, 0.29) is 28.2 Å². The van der Waals surface area contributed by atoms with E-state index in [2.05, 4.69) is 0 Å². The van der Waals surface area contributed by atoms with Gasteiger partial charge in [0, 0.05) is 28.2 Å². The fourth-order valence-electron chi connectivity index (χ4n) is 3.49. The molecule has 18 heavy (non-hydrogen) atoms. The first-order valence-electron chi connectivity index (χ1n) is 5.22. The van der Waals surface area contributed by atoms with E-state index in [1.54, 1.807) is 0 Å². The molecule has 0 saturated heterocycles. The van der Waals surface area contributed by atoms with E-state index in [9.17, 15) is 0 Å². The third-order valence-electron chi connectivity index (χ3n) is 4.30. The summed E-state index contributed by atoms with van der Waals surface area (Å²) >= 11 is 51.1. The van der Waals surface area contributed by atoms with Crippen LogP contribution in [0.5, 0.6) is 0 Å². The van der Waals surface area contributed by atoms with Crippen molar-refractivity contribution in [3.8, 4) is 0 Å². The van der Waals surface area contributed by atoms with E-state index >= 15 is 0 Å². The van der Waals surface area contributed by atoms with Crippen LogP contribution in [0.1, 0.15) is 6.42 Å². The highest BCUT2D eigenvalue weighted by Crippen LogP contribution is 2.78. The Balaban J connectivity index is 2.35. The van der Waals surface area contributed by atoms with Crippen molar-refractivity contribution >= 4 is 92.8 Å². The summed E-state index contributed by atoms with van der Waals surface area (Å²) in [6, 6.07) is 0. The van der Waals surface area contributed by atoms with Gasteiger partial charge in [-0.2, -0.15) is 0 Å². The molecule has 0 nitrogen and oxygen atoms in total. The van der Waals surface area contributed by atoms with E-state index in [0.29, 0.717) is 11.5 Å². The van der Waals surface area contributed by atoms with Crippen LogP contribution >= 0.6 is 92.8 Å². The van der Waals surface area contributed by atoms with Gasteiger partial charge in [-0.3, -0.25) is 0 Å². The number of hydrogen-bond acceptors (Lipinski definition) is 0. The lowest BCUT2D eigenvalue weighted by molar-refractivity contribution is 0.370. The van der Waals surface area contributed by atoms with Gasteiger partial charge in [0.25, 0.3) is 0 Å². The van der Waals surface area contributed by atoms with Crippen LogP contribution < -0.4 is 0 Å². The zero-order valence-electron chi connectivity index (χ0n) is 8.54. The molecule has 0 aromatic heterocycles. The van der Waals surface area contributed by atoms with Crippen molar-refractivity contribution < 1.29 is 0 Å². The maximum absolute atomic E-state index is 6.53. The van der Waals surface area contributed by atoms with Crippen molar-refractivity contribution in [2.24, 2.45) is 17.8 Å². The molecule has 0 N–H and O–H groups in total. The van der Waals surface area contributed by atoms with Crippen LogP contribution in [0.15, 0.2) is 10.1 Å². The molecule has 0 amide bonds. The number of halogens is 8. The Bertz CT molecular complexity index is 445. The maximum Gasteiger partial charge on any atom is 0.149 e. The van der Waals surface area contributed by atoms with Crippen LogP contribution in [0.4, 0.5) is 0 Å². The first-order valence-corrected chi connectivity index (χ1v) is 8.31. The molecule has 3 rings (SSSR count). The molecule has 0 spiro atoms. The molecule has 0 radical (unpaired) electrons. The normalized spacial score (nSPS) is 52.0. The van der Waals surface area contributed by atoms with Crippen molar-refractivity contribution in [1.29, 1.82) is 0 Å². The Morgan fingerprint density at radius 1 is 0.944 bits per heavy atom. The van der Waals surface area contributed by atoms with Crippen molar-refractivity contribution in [1.82, 2.24) is 0 Å². The smallest absolute Gasteiger partial charge is 0.122 e. The van der Waals surface area contributed by atoms with E-state index in [1.165, 1.54) is 0 Å². The summed E-state index contributed by atoms with van der Waals surface area (Å²) in [4.78, 5) is -1.51. The fourth-order valence-corrected chi connectivity index (χ4v) is 7.69. The number of fused-ring (bicyclic) bond motifs is 1. The zero-order chi connectivity index (χ0) is 13.7. The summed E-state index contributed by atoms with van der Waals surface area (Å²) in [7, 11) is 0. The van der Waals surface area contributed by atoms with Crippen LogP contribution in [0.3, 0.4) is 0 Å². The molecule has 3 aliphatic rings. The summed E-state index contributed by atoms with van der Waals surface area (Å²) in [5.74, 6) is -0.802. The molecule has 0 aromatic rings. The summed E-state index contributed by atoms with van der Waals surface area (Å²) in [6.07, 6.45) is 0.555. The lowest BCUT2D eigenvalue weighted by Crippen LogP contribution is -2.54. The predicted octanol–water partition coefficient (Wildman–Crippen LogP) is 5.89. The first-order chi connectivity index (χ1) is 8.08. The summed E-state index contributed by atoms with van der Waals surface area (Å²) in [5, 5.41) is 0.228. The standard InChI is InChI=1S/C10H6Cl8/c11-3-1-2-5-4(3)6(12)7(13)8(14,9(2,15)16)10(5,17)18/h2-5H,1H2/t2-,3-,4+,5-,8+/m1/s1. The average molecular weight is 410 g/mol. The number of hydrogen-bond donors (Lipinski definition) is 0. The monoisotopic (exact) mass is 406 g/mol. The molecule has 102 valence electrons. The second kappa shape index (κ2) is 4.07. The number of allylic oxidation sites excluding steroid dienone is 2. The minimum atomic E-state index is -1.51. The molecule has 8 heteroatoms. The lowest BCUT2D eigenvalue weighted by atomic mass is 9.84. The Morgan fingerprint density at radius 2 is 1.50 bits per heavy atom. The summed E-state index contributed by atoms with van der Waals surface area (Å²) < 4.78 is -2.80. The van der Waals surface area contributed by atoms with Crippen LogP contribution in [0.2, 0.25) is 0 Å². The molecule has 0 aromatic carbocycles. The summed E-state index contributed by atoms with van der Waals surface area (Å²) in [6.45, 7) is 0. The van der Waals surface area contributed by atoms with Crippen LogP contribution in [-0.2, 0) is 0 Å². The summed E-state index contributed by atoms with van der Waals surface area (Å²) in [5.41, 5.74) is 0. The van der Waals surface area contributed by atoms with Crippen molar-refractivity contribution in [3.05, 3.63) is 10.1 Å². The molecule has 0 unspecified atom stereocenters. The highest BCUT2D eigenvalue weighted by molar-refractivity contribution is 6.65. The quantitative estimate of drug-likeness (QED) is 0.438. The minimum Gasteiger partial charge on any atom is -0.122 e. The van der Waals surface area contributed by atoms with E-state index in [4.69, 9.17) is 92.8 Å². The third kappa shape index (κ3) is 1.36. The van der Waals surface area contributed by atoms with Gasteiger partial charge in [0.05, 0.1) is 5.03 Å². The fraction of sp³-hybridized carbons (Fsp3) is 0.800. The molecule has 2 fully saturated rings. The van der Waals surface area contributed by atoms with E-state index in [0.717, 1.165) is 0 Å². The molecule has 0 heterocycles. The second-order valence-corrected chi connectivity index (χ2v) is 9.66. The number of rotatable bonds is 0. The second-order valence-electron chi connectivity index (χ2n) is 4.98. The van der Waals surface area contributed by atoms with Crippen molar-refractivity contribution in [3.63, 3.8) is 0 Å². The Kier molecular flexibility index (Phi) is 3.39. The Hall–Kier alpha value is 2.06. The van der Waals surface area contributed by atoms with Gasteiger partial charge in [-0.1, -0.05) is 69.6 Å². The zero-order valence-corrected chi connectivity index (χ0v) is 14.6. The van der Waals surface area contributed by atoms with Gasteiger partial charge in [0.1, 0.15) is 13.5 Å². The van der Waals surface area contributed by atoms with Gasteiger partial charge < -0.3 is 0 Å². The largest absolute Gasteiger partial charge is 0.149 e. The Labute approximate surface area is 145 Å². The molecule has 0 aliphatic heterocycles. The van der Waals surface area contributed by atoms with Gasteiger partial charge in [-0.25, -0.2) is 0 Å². The molecular weight excluding hydrogens is 404 g/mol. The van der Waals surface area contributed by atoms with E-state index in [1.807, 2.05) is 0 Å². The molecule has 5 atom stereocenters. The van der Waals surface area contributed by atoms with Gasteiger partial charge in [-0.05, 0) is 6.42 Å². The van der Waals surface area contributed by atoms with Gasteiger partial charge in [0.15, 0.2) is 0 Å². The van der Waals surface area contributed by atoms with Crippen LogP contribution in [-0.4, -0.2) is 18.9 Å². The Morgan fingerprint density at radius 3 is 2.06 bits per heavy atom. The predicted molar refractivity (Wildman–Crippen MR) is 80.9 cm³/mol. The lowest BCUT2D eigenvalue weighted by Gasteiger charge is -2.45. The topological polar surface area (TPSA) is 0 Å². The highest BCUT2D eigenvalue weighted by Gasteiger charge is 2.82. The van der Waals surface area contributed by atoms with E-state index < -0.39 is 13.5 Å². The van der Waals surface area contributed by atoms with Crippen molar-refractivity contribution in [2.45, 2.75) is 25.3 Å². The van der Waals surface area contributed by atoms with Gasteiger partial charge in [0.2, 0.25) is 0 Å².